The highest BCUT2D eigenvalue weighted by atomic mass is 35.5. The minimum atomic E-state index is -0.470. The molecule has 5 nitrogen and oxygen atoms in total. The Hall–Kier alpha value is -1.69. The van der Waals surface area contributed by atoms with Gasteiger partial charge in [-0.3, -0.25) is 0 Å². The molecule has 1 aromatic heterocycles. The molecule has 1 heterocycles. The van der Waals surface area contributed by atoms with E-state index in [2.05, 4.69) is 25.9 Å². The second kappa shape index (κ2) is 3.59. The zero-order valence-electron chi connectivity index (χ0n) is 6.83. The lowest BCUT2D eigenvalue weighted by atomic mass is 10.3. The van der Waals surface area contributed by atoms with Crippen molar-refractivity contribution in [2.45, 2.75) is 0 Å². The number of hydrogen-bond donors (Lipinski definition) is 2. The van der Waals surface area contributed by atoms with Crippen LogP contribution in [0, 0.1) is 5.82 Å². The average Bonchev–Trinajstić information content (AvgIpc) is 2.64. The Bertz CT molecular complexity index is 409. The van der Waals surface area contributed by atoms with E-state index in [0.717, 1.165) is 0 Å². The molecule has 0 saturated carbocycles. The van der Waals surface area contributed by atoms with E-state index in [1.54, 1.807) is 6.07 Å². The van der Waals surface area contributed by atoms with Crippen LogP contribution in [0.25, 0.3) is 0 Å². The number of tetrazole rings is 1. The van der Waals surface area contributed by atoms with Gasteiger partial charge in [0.05, 0.1) is 10.7 Å². The molecule has 0 aliphatic rings. The van der Waals surface area contributed by atoms with Gasteiger partial charge in [0.2, 0.25) is 0 Å². The molecule has 0 aliphatic carbocycles. The first kappa shape index (κ1) is 8.89. The van der Waals surface area contributed by atoms with Crippen molar-refractivity contribution in [2.75, 3.05) is 5.32 Å². The minimum Gasteiger partial charge on any atom is -0.318 e. The van der Waals surface area contributed by atoms with E-state index < -0.39 is 5.82 Å². The predicted octanol–water partition coefficient (Wildman–Crippen LogP) is 1.74. The van der Waals surface area contributed by atoms with Gasteiger partial charge in [-0.05, 0) is 17.3 Å². The van der Waals surface area contributed by atoms with Crippen LogP contribution in [0.1, 0.15) is 0 Å². The van der Waals surface area contributed by atoms with Crippen LogP contribution in [-0.4, -0.2) is 20.6 Å². The molecule has 0 bridgehead atoms. The van der Waals surface area contributed by atoms with Gasteiger partial charge in [0.1, 0.15) is 5.82 Å². The molecule has 0 aliphatic heterocycles. The first-order valence-electron chi connectivity index (χ1n) is 3.72. The zero-order chi connectivity index (χ0) is 9.97. The third-order valence-electron chi connectivity index (χ3n) is 1.54. The monoisotopic (exact) mass is 213 g/mol. The number of aromatic amines is 1. The molecule has 0 unspecified atom stereocenters. The molecular weight excluding hydrogens is 209 g/mol. The van der Waals surface area contributed by atoms with Crippen molar-refractivity contribution in [3.63, 3.8) is 0 Å². The number of rotatable bonds is 2. The number of halogens is 2. The maximum absolute atomic E-state index is 13.2. The number of nitrogens with zero attached hydrogens (tertiary/aromatic N) is 3. The summed E-state index contributed by atoms with van der Waals surface area (Å²) in [7, 11) is 0. The van der Waals surface area contributed by atoms with Crippen molar-refractivity contribution in [1.82, 2.24) is 20.6 Å². The fourth-order valence-corrected chi connectivity index (χ4v) is 1.15. The van der Waals surface area contributed by atoms with Crippen LogP contribution in [-0.2, 0) is 0 Å². The highest BCUT2D eigenvalue weighted by molar-refractivity contribution is 6.33. The molecule has 14 heavy (non-hydrogen) atoms. The maximum atomic E-state index is 13.2. The van der Waals surface area contributed by atoms with Gasteiger partial charge in [0.25, 0.3) is 5.95 Å². The fraction of sp³-hybridized carbons (Fsp3) is 0. The summed E-state index contributed by atoms with van der Waals surface area (Å²) in [5.74, 6) is -0.306. The minimum absolute atomic E-state index is 0.135. The molecular formula is C7H5ClFN5. The van der Waals surface area contributed by atoms with E-state index >= 15 is 0 Å². The summed E-state index contributed by atoms with van der Waals surface area (Å²) >= 11 is 5.76. The van der Waals surface area contributed by atoms with Gasteiger partial charge in [-0.25, -0.2) is 4.39 Å². The number of benzene rings is 1. The Balaban J connectivity index is 2.33. The molecule has 1 aromatic carbocycles. The Kier molecular flexibility index (Phi) is 2.28. The molecule has 72 valence electrons. The number of nitrogens with one attached hydrogen (secondary N) is 2. The Labute approximate surface area is 83.3 Å². The predicted molar refractivity (Wildman–Crippen MR) is 48.9 cm³/mol. The summed E-state index contributed by atoms with van der Waals surface area (Å²) in [5.41, 5.74) is 0.135. The SMILES string of the molecule is Fc1cccc(Cl)c1Nc1nn[nH]n1. The summed E-state index contributed by atoms with van der Waals surface area (Å²) < 4.78 is 13.2. The number of anilines is 2. The van der Waals surface area contributed by atoms with E-state index in [9.17, 15) is 4.39 Å². The smallest absolute Gasteiger partial charge is 0.267 e. The summed E-state index contributed by atoms with van der Waals surface area (Å²) in [4.78, 5) is 0. The topological polar surface area (TPSA) is 66.5 Å². The summed E-state index contributed by atoms with van der Waals surface area (Å²) in [6, 6.07) is 4.36. The van der Waals surface area contributed by atoms with Gasteiger partial charge in [-0.1, -0.05) is 22.8 Å². The van der Waals surface area contributed by atoms with E-state index in [-0.39, 0.29) is 16.7 Å². The van der Waals surface area contributed by atoms with Crippen LogP contribution >= 0.6 is 11.6 Å². The van der Waals surface area contributed by atoms with Gasteiger partial charge in [-0.2, -0.15) is 5.21 Å². The van der Waals surface area contributed by atoms with Crippen LogP contribution in [0.3, 0.4) is 0 Å². The summed E-state index contributed by atoms with van der Waals surface area (Å²) in [5, 5.41) is 15.6. The second-order valence-electron chi connectivity index (χ2n) is 2.46. The lowest BCUT2D eigenvalue weighted by molar-refractivity contribution is 0.631. The van der Waals surface area contributed by atoms with Crippen molar-refractivity contribution in [3.8, 4) is 0 Å². The van der Waals surface area contributed by atoms with Crippen LogP contribution in [0.5, 0.6) is 0 Å². The Morgan fingerprint density at radius 1 is 1.43 bits per heavy atom. The molecule has 7 heteroatoms. The summed E-state index contributed by atoms with van der Waals surface area (Å²) in [6.45, 7) is 0. The molecule has 0 atom stereocenters. The molecule has 0 fully saturated rings. The highest BCUT2D eigenvalue weighted by Gasteiger charge is 2.08. The third kappa shape index (κ3) is 1.64. The average molecular weight is 214 g/mol. The van der Waals surface area contributed by atoms with Gasteiger partial charge in [0.15, 0.2) is 0 Å². The quantitative estimate of drug-likeness (QED) is 0.798. The Morgan fingerprint density at radius 2 is 2.29 bits per heavy atom. The molecule has 2 rings (SSSR count). The first-order chi connectivity index (χ1) is 6.77. The van der Waals surface area contributed by atoms with Gasteiger partial charge < -0.3 is 5.32 Å². The number of para-hydroxylation sites is 1. The fourth-order valence-electron chi connectivity index (χ4n) is 0.944. The molecule has 0 radical (unpaired) electrons. The maximum Gasteiger partial charge on any atom is 0.267 e. The van der Waals surface area contributed by atoms with E-state index in [1.807, 2.05) is 0 Å². The summed E-state index contributed by atoms with van der Waals surface area (Å²) in [6.07, 6.45) is 0. The van der Waals surface area contributed by atoms with Crippen molar-refractivity contribution >= 4 is 23.2 Å². The van der Waals surface area contributed by atoms with Crippen LogP contribution in [0.2, 0.25) is 5.02 Å². The number of hydrogen-bond acceptors (Lipinski definition) is 4. The van der Waals surface area contributed by atoms with Crippen molar-refractivity contribution < 1.29 is 4.39 Å². The first-order valence-corrected chi connectivity index (χ1v) is 4.09. The van der Waals surface area contributed by atoms with E-state index in [1.165, 1.54) is 12.1 Å². The zero-order valence-corrected chi connectivity index (χ0v) is 7.59. The largest absolute Gasteiger partial charge is 0.318 e. The lowest BCUT2D eigenvalue weighted by Crippen LogP contribution is -1.96. The standard InChI is InChI=1S/C7H5ClFN5/c8-4-2-1-3-5(9)6(4)10-7-11-13-14-12-7/h1-3H,(H2,10,11,12,13,14). The van der Waals surface area contributed by atoms with E-state index in [4.69, 9.17) is 11.6 Å². The normalized spacial score (nSPS) is 10.1. The van der Waals surface area contributed by atoms with Crippen molar-refractivity contribution in [2.24, 2.45) is 0 Å². The molecule has 0 saturated heterocycles. The van der Waals surface area contributed by atoms with Gasteiger partial charge in [0, 0.05) is 0 Å². The van der Waals surface area contributed by atoms with Crippen LogP contribution < -0.4 is 5.32 Å². The van der Waals surface area contributed by atoms with Crippen LogP contribution in [0.4, 0.5) is 16.0 Å². The molecule has 0 amide bonds. The molecule has 0 spiro atoms. The second-order valence-corrected chi connectivity index (χ2v) is 2.86. The highest BCUT2D eigenvalue weighted by Crippen LogP contribution is 2.26. The van der Waals surface area contributed by atoms with Gasteiger partial charge >= 0.3 is 0 Å². The Morgan fingerprint density at radius 3 is 2.93 bits per heavy atom. The third-order valence-corrected chi connectivity index (χ3v) is 1.86. The van der Waals surface area contributed by atoms with Crippen LogP contribution in [0.15, 0.2) is 18.2 Å². The molecule has 2 aromatic rings. The molecule has 2 N–H and O–H groups in total. The van der Waals surface area contributed by atoms with Crippen molar-refractivity contribution in [3.05, 3.63) is 29.0 Å². The van der Waals surface area contributed by atoms with E-state index in [0.29, 0.717) is 0 Å². The lowest BCUT2D eigenvalue weighted by Gasteiger charge is -2.04. The van der Waals surface area contributed by atoms with Crippen molar-refractivity contribution in [1.29, 1.82) is 0 Å². The van der Waals surface area contributed by atoms with Gasteiger partial charge in [-0.15, -0.1) is 5.10 Å². The number of H-pyrrole nitrogens is 1. The number of aromatic nitrogens is 4.